The summed E-state index contributed by atoms with van der Waals surface area (Å²) in [5.74, 6) is 0.0392. The van der Waals surface area contributed by atoms with Crippen LogP contribution >= 0.6 is 0 Å². The van der Waals surface area contributed by atoms with Gasteiger partial charge in [0, 0.05) is 37.3 Å². The minimum absolute atomic E-state index is 0.0392. The zero-order valence-electron chi connectivity index (χ0n) is 12.6. The van der Waals surface area contributed by atoms with Gasteiger partial charge in [-0.3, -0.25) is 9.48 Å². The summed E-state index contributed by atoms with van der Waals surface area (Å²) < 4.78 is 3.84. The second-order valence-electron chi connectivity index (χ2n) is 5.28. The lowest BCUT2D eigenvalue weighted by Gasteiger charge is -2.07. The fourth-order valence-corrected chi connectivity index (χ4v) is 2.54. The molecule has 0 saturated carbocycles. The number of carbonyl (C=O) groups is 1. The quantitative estimate of drug-likeness (QED) is 0.754. The smallest absolute Gasteiger partial charge is 0.221 e. The van der Waals surface area contributed by atoms with Crippen molar-refractivity contribution in [3.05, 3.63) is 48.7 Å². The summed E-state index contributed by atoms with van der Waals surface area (Å²) >= 11 is 0. The number of amides is 1. The van der Waals surface area contributed by atoms with Crippen LogP contribution in [0.4, 0.5) is 0 Å². The molecule has 0 fully saturated rings. The highest BCUT2D eigenvalue weighted by atomic mass is 16.1. The van der Waals surface area contributed by atoms with Crippen LogP contribution in [0.3, 0.4) is 0 Å². The first-order valence-corrected chi connectivity index (χ1v) is 7.37. The molecule has 3 rings (SSSR count). The Bertz CT molecular complexity index is 760. The van der Waals surface area contributed by atoms with E-state index in [9.17, 15) is 4.79 Å². The Morgan fingerprint density at radius 1 is 1.32 bits per heavy atom. The van der Waals surface area contributed by atoms with E-state index >= 15 is 0 Å². The van der Waals surface area contributed by atoms with Gasteiger partial charge in [-0.25, -0.2) is 4.98 Å². The number of rotatable bonds is 6. The first kappa shape index (κ1) is 14.3. The molecule has 0 radical (unpaired) electrons. The molecule has 0 unspecified atom stereocenters. The van der Waals surface area contributed by atoms with Crippen molar-refractivity contribution in [3.8, 4) is 0 Å². The Labute approximate surface area is 128 Å². The third kappa shape index (κ3) is 3.16. The van der Waals surface area contributed by atoms with Crippen molar-refractivity contribution in [1.29, 1.82) is 0 Å². The molecule has 3 aromatic rings. The Morgan fingerprint density at radius 2 is 2.23 bits per heavy atom. The number of carbonyl (C=O) groups excluding carboxylic acids is 1. The largest absolute Gasteiger partial charge is 0.354 e. The summed E-state index contributed by atoms with van der Waals surface area (Å²) in [7, 11) is 0. The van der Waals surface area contributed by atoms with Crippen LogP contribution in [-0.2, 0) is 17.9 Å². The number of nitrogens with one attached hydrogen (secondary N) is 1. The van der Waals surface area contributed by atoms with Crippen LogP contribution in [0.5, 0.6) is 0 Å². The molecule has 22 heavy (non-hydrogen) atoms. The molecule has 114 valence electrons. The van der Waals surface area contributed by atoms with Crippen LogP contribution in [-0.4, -0.2) is 31.8 Å². The molecule has 0 aliphatic carbocycles. The highest BCUT2D eigenvalue weighted by molar-refractivity contribution is 5.82. The van der Waals surface area contributed by atoms with Crippen molar-refractivity contribution < 1.29 is 4.79 Å². The predicted octanol–water partition coefficient (Wildman–Crippen LogP) is 1.75. The van der Waals surface area contributed by atoms with Gasteiger partial charge in [-0.15, -0.1) is 0 Å². The van der Waals surface area contributed by atoms with Gasteiger partial charge in [0.1, 0.15) is 0 Å². The topological polar surface area (TPSA) is 64.7 Å². The lowest BCUT2D eigenvalue weighted by molar-refractivity contribution is -0.121. The minimum Gasteiger partial charge on any atom is -0.354 e. The van der Waals surface area contributed by atoms with Crippen LogP contribution in [0, 0.1) is 6.92 Å². The number of hydrogen-bond donors (Lipinski definition) is 1. The number of hydrogen-bond acceptors (Lipinski definition) is 3. The maximum atomic E-state index is 11.9. The highest BCUT2D eigenvalue weighted by Gasteiger charge is 2.07. The third-order valence-corrected chi connectivity index (χ3v) is 3.67. The van der Waals surface area contributed by atoms with Crippen molar-refractivity contribution in [2.45, 2.75) is 26.4 Å². The van der Waals surface area contributed by atoms with Gasteiger partial charge >= 0.3 is 0 Å². The minimum atomic E-state index is 0.0392. The molecule has 6 nitrogen and oxygen atoms in total. The van der Waals surface area contributed by atoms with Crippen LogP contribution in [0.25, 0.3) is 10.9 Å². The monoisotopic (exact) mass is 297 g/mol. The second-order valence-corrected chi connectivity index (χ2v) is 5.28. The van der Waals surface area contributed by atoms with Gasteiger partial charge in [0.05, 0.1) is 24.6 Å². The van der Waals surface area contributed by atoms with Crippen LogP contribution < -0.4 is 5.32 Å². The number of aromatic nitrogens is 4. The highest BCUT2D eigenvalue weighted by Crippen LogP contribution is 2.17. The second kappa shape index (κ2) is 6.43. The van der Waals surface area contributed by atoms with Crippen molar-refractivity contribution >= 4 is 16.8 Å². The fourth-order valence-electron chi connectivity index (χ4n) is 2.54. The maximum absolute atomic E-state index is 11.9. The van der Waals surface area contributed by atoms with Crippen molar-refractivity contribution in [2.24, 2.45) is 0 Å². The van der Waals surface area contributed by atoms with Crippen molar-refractivity contribution in [2.75, 3.05) is 6.54 Å². The summed E-state index contributed by atoms with van der Waals surface area (Å²) in [5.41, 5.74) is 2.28. The van der Waals surface area contributed by atoms with Gasteiger partial charge in [-0.2, -0.15) is 5.10 Å². The van der Waals surface area contributed by atoms with Gasteiger partial charge in [0.2, 0.25) is 5.91 Å². The van der Waals surface area contributed by atoms with Gasteiger partial charge in [-0.1, -0.05) is 18.2 Å². The van der Waals surface area contributed by atoms with E-state index in [0.29, 0.717) is 19.5 Å². The zero-order chi connectivity index (χ0) is 15.4. The normalized spacial score (nSPS) is 11.0. The number of para-hydroxylation sites is 1. The molecule has 0 saturated heterocycles. The number of imidazole rings is 1. The molecule has 0 spiro atoms. The van der Waals surface area contributed by atoms with E-state index in [0.717, 1.165) is 17.4 Å². The molecule has 1 aromatic carbocycles. The molecule has 0 atom stereocenters. The number of aryl methyl sites for hydroxylation is 2. The summed E-state index contributed by atoms with van der Waals surface area (Å²) in [4.78, 5) is 15.9. The maximum Gasteiger partial charge on any atom is 0.221 e. The Morgan fingerprint density at radius 3 is 3.05 bits per heavy atom. The molecule has 1 amide bonds. The molecule has 2 aromatic heterocycles. The number of nitrogens with zero attached hydrogens (tertiary/aromatic N) is 4. The third-order valence-electron chi connectivity index (χ3n) is 3.67. The number of benzene rings is 1. The van der Waals surface area contributed by atoms with E-state index in [-0.39, 0.29) is 5.91 Å². The van der Waals surface area contributed by atoms with E-state index < -0.39 is 0 Å². The standard InChI is InChI=1S/C16H19N5O/c1-13-3-2-4-14-11-19-21(16(13)14)8-5-15(22)18-7-10-20-9-6-17-12-20/h2-4,6,9,11-12H,5,7-8,10H2,1H3,(H,18,22). The molecule has 6 heteroatoms. The number of fused-ring (bicyclic) bond motifs is 1. The van der Waals surface area contributed by atoms with E-state index in [1.807, 2.05) is 33.8 Å². The van der Waals surface area contributed by atoms with Gasteiger partial charge < -0.3 is 9.88 Å². The van der Waals surface area contributed by atoms with Crippen LogP contribution in [0.2, 0.25) is 0 Å². The van der Waals surface area contributed by atoms with E-state index in [2.05, 4.69) is 28.4 Å². The average molecular weight is 297 g/mol. The molecule has 0 aliphatic rings. The predicted molar refractivity (Wildman–Crippen MR) is 84.3 cm³/mol. The lowest BCUT2D eigenvalue weighted by Crippen LogP contribution is -2.27. The average Bonchev–Trinajstić information content (AvgIpc) is 3.15. The van der Waals surface area contributed by atoms with Crippen LogP contribution in [0.15, 0.2) is 43.1 Å². The van der Waals surface area contributed by atoms with E-state index in [1.54, 1.807) is 12.5 Å². The Hall–Kier alpha value is -2.63. The fraction of sp³-hybridized carbons (Fsp3) is 0.312. The van der Waals surface area contributed by atoms with E-state index in [4.69, 9.17) is 0 Å². The molecule has 0 aliphatic heterocycles. The lowest BCUT2D eigenvalue weighted by atomic mass is 10.2. The molecule has 0 bridgehead atoms. The van der Waals surface area contributed by atoms with Gasteiger partial charge in [0.15, 0.2) is 0 Å². The molecular formula is C16H19N5O. The summed E-state index contributed by atoms with van der Waals surface area (Å²) in [6.45, 7) is 3.99. The molecule has 1 N–H and O–H groups in total. The Kier molecular flexibility index (Phi) is 4.18. The van der Waals surface area contributed by atoms with Crippen molar-refractivity contribution in [1.82, 2.24) is 24.6 Å². The van der Waals surface area contributed by atoms with E-state index in [1.165, 1.54) is 5.56 Å². The molecular weight excluding hydrogens is 278 g/mol. The first-order valence-electron chi connectivity index (χ1n) is 7.37. The SMILES string of the molecule is Cc1cccc2cnn(CCC(=O)NCCn3ccnc3)c12. The summed E-state index contributed by atoms with van der Waals surface area (Å²) in [5, 5.41) is 8.40. The van der Waals surface area contributed by atoms with Gasteiger partial charge in [-0.05, 0) is 12.5 Å². The summed E-state index contributed by atoms with van der Waals surface area (Å²) in [6.07, 6.45) is 7.62. The van der Waals surface area contributed by atoms with Crippen molar-refractivity contribution in [3.63, 3.8) is 0 Å². The molecule has 2 heterocycles. The van der Waals surface area contributed by atoms with Crippen LogP contribution in [0.1, 0.15) is 12.0 Å². The summed E-state index contributed by atoms with van der Waals surface area (Å²) in [6, 6.07) is 6.12. The van der Waals surface area contributed by atoms with Gasteiger partial charge in [0.25, 0.3) is 0 Å². The Balaban J connectivity index is 1.52. The first-order chi connectivity index (χ1) is 10.7. The zero-order valence-corrected chi connectivity index (χ0v) is 12.6.